The highest BCUT2D eigenvalue weighted by molar-refractivity contribution is 14.0. The minimum Gasteiger partial charge on any atom is -0.497 e. The molecule has 0 spiro atoms. The van der Waals surface area contributed by atoms with Gasteiger partial charge in [0.15, 0.2) is 5.96 Å². The molecule has 2 aromatic rings. The Morgan fingerprint density at radius 3 is 2.39 bits per heavy atom. The van der Waals surface area contributed by atoms with Gasteiger partial charge < -0.3 is 24.6 Å². The lowest BCUT2D eigenvalue weighted by Crippen LogP contribution is -2.38. The molecule has 0 amide bonds. The molecular formula is C21H31IN4O2. The van der Waals surface area contributed by atoms with Crippen molar-refractivity contribution in [2.75, 3.05) is 47.3 Å². The molecule has 0 atom stereocenters. The zero-order valence-corrected chi connectivity index (χ0v) is 19.9. The lowest BCUT2D eigenvalue weighted by atomic mass is 10.1. The predicted octanol–water partition coefficient (Wildman–Crippen LogP) is 3.60. The number of aliphatic imine (C=N–C) groups is 1. The Morgan fingerprint density at radius 2 is 1.79 bits per heavy atom. The van der Waals surface area contributed by atoms with Gasteiger partial charge in [0.25, 0.3) is 0 Å². The molecular weight excluding hydrogens is 467 g/mol. The second kappa shape index (κ2) is 11.6. The third-order valence-corrected chi connectivity index (χ3v) is 4.35. The van der Waals surface area contributed by atoms with Crippen molar-refractivity contribution < 1.29 is 9.47 Å². The molecule has 0 heterocycles. The molecule has 0 aliphatic carbocycles. The molecule has 0 bridgehead atoms. The summed E-state index contributed by atoms with van der Waals surface area (Å²) in [4.78, 5) is 8.57. The van der Waals surface area contributed by atoms with Crippen LogP contribution in [0.15, 0.2) is 47.5 Å². The van der Waals surface area contributed by atoms with E-state index in [1.807, 2.05) is 39.3 Å². The Hall–Kier alpha value is -2.16. The lowest BCUT2D eigenvalue weighted by Gasteiger charge is -2.23. The standard InChI is InChI=1S/C21H30N4O2.HI/c1-22-21(23-14-16-8-7-9-18(12-16)24(2)3)25(4)15-17-10-11-19(26-5)13-20(17)27-6;/h7-13H,14-15H2,1-6H3,(H,22,23);1H. The van der Waals surface area contributed by atoms with E-state index in [-0.39, 0.29) is 24.0 Å². The Morgan fingerprint density at radius 1 is 1.04 bits per heavy atom. The summed E-state index contributed by atoms with van der Waals surface area (Å²) in [6, 6.07) is 14.3. The van der Waals surface area contributed by atoms with Gasteiger partial charge in [-0.3, -0.25) is 4.99 Å². The summed E-state index contributed by atoms with van der Waals surface area (Å²) in [5, 5.41) is 3.42. The van der Waals surface area contributed by atoms with Crippen LogP contribution in [0, 0.1) is 0 Å². The molecule has 0 fully saturated rings. The fourth-order valence-electron chi connectivity index (χ4n) is 2.82. The van der Waals surface area contributed by atoms with Crippen LogP contribution in [0.1, 0.15) is 11.1 Å². The number of guanidine groups is 1. The third-order valence-electron chi connectivity index (χ3n) is 4.35. The number of ether oxygens (including phenoxy) is 2. The number of hydrogen-bond donors (Lipinski definition) is 1. The van der Waals surface area contributed by atoms with Crippen LogP contribution < -0.4 is 19.7 Å². The molecule has 2 rings (SSSR count). The SMILES string of the molecule is CN=C(NCc1cccc(N(C)C)c1)N(C)Cc1ccc(OC)cc1OC.I. The fourth-order valence-corrected chi connectivity index (χ4v) is 2.82. The van der Waals surface area contributed by atoms with Gasteiger partial charge in [0.2, 0.25) is 0 Å². The molecule has 0 saturated carbocycles. The number of hydrogen-bond acceptors (Lipinski definition) is 4. The Bertz CT molecular complexity index is 781. The Balaban J connectivity index is 0.00000392. The number of nitrogens with zero attached hydrogens (tertiary/aromatic N) is 3. The summed E-state index contributed by atoms with van der Waals surface area (Å²) < 4.78 is 10.8. The van der Waals surface area contributed by atoms with E-state index in [2.05, 4.69) is 44.4 Å². The second-order valence-electron chi connectivity index (χ2n) is 6.50. The molecule has 0 aromatic heterocycles. The van der Waals surface area contributed by atoms with Crippen LogP contribution in [0.5, 0.6) is 11.5 Å². The molecule has 0 radical (unpaired) electrons. The summed E-state index contributed by atoms with van der Waals surface area (Å²) in [7, 11) is 11.2. The first-order chi connectivity index (χ1) is 13.0. The van der Waals surface area contributed by atoms with E-state index in [1.54, 1.807) is 21.3 Å². The normalized spacial score (nSPS) is 10.7. The minimum absolute atomic E-state index is 0. The molecule has 1 N–H and O–H groups in total. The molecule has 7 heteroatoms. The van der Waals surface area contributed by atoms with Crippen molar-refractivity contribution in [1.82, 2.24) is 10.2 Å². The van der Waals surface area contributed by atoms with Crippen molar-refractivity contribution >= 4 is 35.6 Å². The van der Waals surface area contributed by atoms with Crippen molar-refractivity contribution in [1.29, 1.82) is 0 Å². The van der Waals surface area contributed by atoms with Gasteiger partial charge in [0.05, 0.1) is 14.2 Å². The highest BCUT2D eigenvalue weighted by Crippen LogP contribution is 2.25. The molecule has 0 saturated heterocycles. The fraction of sp³-hybridized carbons (Fsp3) is 0.381. The number of methoxy groups -OCH3 is 2. The predicted molar refractivity (Wildman–Crippen MR) is 127 cm³/mol. The zero-order valence-electron chi connectivity index (χ0n) is 17.5. The van der Waals surface area contributed by atoms with Gasteiger partial charge in [-0.15, -0.1) is 24.0 Å². The van der Waals surface area contributed by atoms with Gasteiger partial charge in [-0.25, -0.2) is 0 Å². The van der Waals surface area contributed by atoms with Crippen LogP contribution in [-0.2, 0) is 13.1 Å². The van der Waals surface area contributed by atoms with E-state index in [0.717, 1.165) is 23.0 Å². The highest BCUT2D eigenvalue weighted by Gasteiger charge is 2.11. The van der Waals surface area contributed by atoms with Crippen molar-refractivity contribution in [3.63, 3.8) is 0 Å². The summed E-state index contributed by atoms with van der Waals surface area (Å²) in [5.74, 6) is 2.40. The largest absolute Gasteiger partial charge is 0.497 e. The van der Waals surface area contributed by atoms with Crippen molar-refractivity contribution in [2.45, 2.75) is 13.1 Å². The topological polar surface area (TPSA) is 49.3 Å². The van der Waals surface area contributed by atoms with Gasteiger partial charge in [0.1, 0.15) is 11.5 Å². The van der Waals surface area contributed by atoms with Gasteiger partial charge in [-0.05, 0) is 29.8 Å². The molecule has 2 aromatic carbocycles. The highest BCUT2D eigenvalue weighted by atomic mass is 127. The molecule has 154 valence electrons. The molecule has 0 aliphatic rings. The van der Waals surface area contributed by atoms with E-state index >= 15 is 0 Å². The van der Waals surface area contributed by atoms with Gasteiger partial charge in [-0.1, -0.05) is 12.1 Å². The van der Waals surface area contributed by atoms with E-state index < -0.39 is 0 Å². The van der Waals surface area contributed by atoms with Crippen LogP contribution in [0.3, 0.4) is 0 Å². The maximum Gasteiger partial charge on any atom is 0.193 e. The van der Waals surface area contributed by atoms with Crippen molar-refractivity contribution in [3.05, 3.63) is 53.6 Å². The number of rotatable bonds is 7. The van der Waals surface area contributed by atoms with Crippen LogP contribution in [0.2, 0.25) is 0 Å². The average Bonchev–Trinajstić information content (AvgIpc) is 2.68. The first-order valence-electron chi connectivity index (χ1n) is 8.87. The number of halogens is 1. The Kier molecular flexibility index (Phi) is 9.92. The smallest absolute Gasteiger partial charge is 0.193 e. The molecule has 0 aliphatic heterocycles. The zero-order chi connectivity index (χ0) is 19.8. The Labute approximate surface area is 185 Å². The lowest BCUT2D eigenvalue weighted by molar-refractivity contribution is 0.382. The first kappa shape index (κ1) is 23.9. The van der Waals surface area contributed by atoms with Crippen molar-refractivity contribution in [3.8, 4) is 11.5 Å². The third kappa shape index (κ3) is 6.47. The number of anilines is 1. The number of nitrogens with one attached hydrogen (secondary N) is 1. The van der Waals surface area contributed by atoms with Gasteiger partial charge in [-0.2, -0.15) is 0 Å². The van der Waals surface area contributed by atoms with E-state index in [1.165, 1.54) is 11.3 Å². The van der Waals surface area contributed by atoms with Crippen LogP contribution >= 0.6 is 24.0 Å². The minimum atomic E-state index is 0. The summed E-state index contributed by atoms with van der Waals surface area (Å²) in [5.41, 5.74) is 3.46. The summed E-state index contributed by atoms with van der Waals surface area (Å²) >= 11 is 0. The van der Waals surface area contributed by atoms with Crippen LogP contribution in [0.4, 0.5) is 5.69 Å². The summed E-state index contributed by atoms with van der Waals surface area (Å²) in [6.07, 6.45) is 0. The van der Waals surface area contributed by atoms with Gasteiger partial charge >= 0.3 is 0 Å². The van der Waals surface area contributed by atoms with E-state index in [9.17, 15) is 0 Å². The van der Waals surface area contributed by atoms with Gasteiger partial charge in [0, 0.05) is 58.6 Å². The number of benzene rings is 2. The molecule has 6 nitrogen and oxygen atoms in total. The van der Waals surface area contributed by atoms with E-state index in [0.29, 0.717) is 13.1 Å². The summed E-state index contributed by atoms with van der Waals surface area (Å²) in [6.45, 7) is 1.38. The average molecular weight is 498 g/mol. The van der Waals surface area contributed by atoms with Crippen LogP contribution in [0.25, 0.3) is 0 Å². The maximum atomic E-state index is 5.50. The molecule has 0 unspecified atom stereocenters. The van der Waals surface area contributed by atoms with E-state index in [4.69, 9.17) is 9.47 Å². The first-order valence-corrected chi connectivity index (χ1v) is 8.87. The van der Waals surface area contributed by atoms with Crippen molar-refractivity contribution in [2.24, 2.45) is 4.99 Å². The molecule has 28 heavy (non-hydrogen) atoms. The monoisotopic (exact) mass is 498 g/mol. The quantitative estimate of drug-likeness (QED) is 0.359. The maximum absolute atomic E-state index is 5.50. The van der Waals surface area contributed by atoms with Crippen LogP contribution in [-0.4, -0.2) is 53.3 Å². The second-order valence-corrected chi connectivity index (χ2v) is 6.50.